The van der Waals surface area contributed by atoms with E-state index >= 15 is 0 Å². The van der Waals surface area contributed by atoms with Crippen molar-refractivity contribution in [2.75, 3.05) is 0 Å². The molecule has 0 fully saturated rings. The fraction of sp³-hybridized carbons (Fsp3) is 0. The predicted octanol–water partition coefficient (Wildman–Crippen LogP) is 6.05. The lowest BCUT2D eigenvalue weighted by molar-refractivity contribution is 0.338. The van der Waals surface area contributed by atoms with Crippen LogP contribution in [0.4, 0.5) is 0 Å². The molecule has 0 aliphatic carbocycles. The van der Waals surface area contributed by atoms with E-state index in [2.05, 4.69) is 63.7 Å². The van der Waals surface area contributed by atoms with Gasteiger partial charge in [-0.1, -0.05) is 0 Å². The van der Waals surface area contributed by atoms with E-state index in [1.807, 2.05) is 0 Å². The molecule has 0 radical (unpaired) electrons. The van der Waals surface area contributed by atoms with Gasteiger partial charge >= 0.3 is 0 Å². The SMILES string of the molecule is Oc1c(O)c(Br)c2c(c1Br)Oc1ccc(Br)c(Br)c1O2. The fourth-order valence-electron chi connectivity index (χ4n) is 1.71. The summed E-state index contributed by atoms with van der Waals surface area (Å²) in [5.74, 6) is 0.884. The lowest BCUT2D eigenvalue weighted by Crippen LogP contribution is -2.01. The molecule has 0 saturated heterocycles. The Hall–Kier alpha value is -0.440. The largest absolute Gasteiger partial charge is 0.503 e. The van der Waals surface area contributed by atoms with E-state index < -0.39 is 0 Å². The fourth-order valence-corrected chi connectivity index (χ4v) is 3.32. The first-order valence-electron chi connectivity index (χ1n) is 5.18. The third-order valence-corrected chi connectivity index (χ3v) is 6.13. The van der Waals surface area contributed by atoms with E-state index in [1.54, 1.807) is 12.1 Å². The zero-order valence-electron chi connectivity index (χ0n) is 9.38. The van der Waals surface area contributed by atoms with Crippen LogP contribution in [0.25, 0.3) is 0 Å². The normalized spacial score (nSPS) is 12.2. The van der Waals surface area contributed by atoms with Crippen molar-refractivity contribution < 1.29 is 19.7 Å². The van der Waals surface area contributed by atoms with Crippen LogP contribution in [-0.2, 0) is 0 Å². The predicted molar refractivity (Wildman–Crippen MR) is 87.2 cm³/mol. The Bertz CT molecular complexity index is 745. The first-order valence-corrected chi connectivity index (χ1v) is 8.35. The van der Waals surface area contributed by atoms with Gasteiger partial charge < -0.3 is 19.7 Å². The van der Waals surface area contributed by atoms with Crippen LogP contribution in [0.5, 0.6) is 34.5 Å². The number of phenols is 2. The summed E-state index contributed by atoms with van der Waals surface area (Å²) in [6.07, 6.45) is 0. The van der Waals surface area contributed by atoms with Gasteiger partial charge in [0.2, 0.25) is 0 Å². The Morgan fingerprint density at radius 1 is 0.700 bits per heavy atom. The van der Waals surface area contributed by atoms with Gasteiger partial charge in [0.05, 0.1) is 4.47 Å². The van der Waals surface area contributed by atoms with E-state index in [-0.39, 0.29) is 31.9 Å². The topological polar surface area (TPSA) is 58.9 Å². The second-order valence-electron chi connectivity index (χ2n) is 3.88. The first kappa shape index (κ1) is 14.5. The summed E-state index contributed by atoms with van der Waals surface area (Å²) in [6.45, 7) is 0. The second kappa shape index (κ2) is 5.08. The number of phenolic OH excluding ortho intramolecular Hbond substituents is 2. The molecule has 8 heteroatoms. The molecule has 3 rings (SSSR count). The minimum Gasteiger partial charge on any atom is -0.503 e. The van der Waals surface area contributed by atoms with Crippen LogP contribution in [0.1, 0.15) is 0 Å². The molecule has 1 aliphatic heterocycles. The molecule has 4 nitrogen and oxygen atoms in total. The van der Waals surface area contributed by atoms with Gasteiger partial charge in [-0.3, -0.25) is 0 Å². The molecular formula is C12H4Br4O4. The Kier molecular flexibility index (Phi) is 3.68. The summed E-state index contributed by atoms with van der Waals surface area (Å²) in [7, 11) is 0. The number of ether oxygens (including phenoxy) is 2. The lowest BCUT2D eigenvalue weighted by atomic mass is 10.2. The molecule has 1 aliphatic rings. The van der Waals surface area contributed by atoms with Crippen molar-refractivity contribution in [3.63, 3.8) is 0 Å². The summed E-state index contributed by atoms with van der Waals surface area (Å²) < 4.78 is 13.5. The highest BCUT2D eigenvalue weighted by atomic mass is 79.9. The maximum atomic E-state index is 9.83. The second-order valence-corrected chi connectivity index (χ2v) is 7.11. The summed E-state index contributed by atoms with van der Waals surface area (Å²) in [5, 5.41) is 19.6. The summed E-state index contributed by atoms with van der Waals surface area (Å²) in [4.78, 5) is 0. The van der Waals surface area contributed by atoms with Gasteiger partial charge in [-0.2, -0.15) is 0 Å². The van der Waals surface area contributed by atoms with Gasteiger partial charge in [-0.05, 0) is 75.9 Å². The smallest absolute Gasteiger partial charge is 0.189 e. The maximum Gasteiger partial charge on any atom is 0.189 e. The average Bonchev–Trinajstić information content (AvgIpc) is 2.45. The molecule has 0 amide bonds. The van der Waals surface area contributed by atoms with E-state index in [4.69, 9.17) is 9.47 Å². The molecule has 0 unspecified atom stereocenters. The number of hydrogen-bond donors (Lipinski definition) is 2. The molecule has 0 aromatic heterocycles. The summed E-state index contributed by atoms with van der Waals surface area (Å²) in [5.41, 5.74) is 0. The van der Waals surface area contributed by atoms with Gasteiger partial charge in [-0.15, -0.1) is 0 Å². The number of halogens is 4. The van der Waals surface area contributed by atoms with E-state index in [0.717, 1.165) is 4.47 Å². The minimum absolute atomic E-state index is 0.214. The molecule has 0 spiro atoms. The lowest BCUT2D eigenvalue weighted by Gasteiger charge is -2.24. The van der Waals surface area contributed by atoms with E-state index in [9.17, 15) is 10.2 Å². The minimum atomic E-state index is -0.325. The molecule has 0 saturated carbocycles. The van der Waals surface area contributed by atoms with Crippen LogP contribution in [0.2, 0.25) is 0 Å². The number of fused-ring (bicyclic) bond motifs is 2. The monoisotopic (exact) mass is 528 g/mol. The van der Waals surface area contributed by atoms with Crippen molar-refractivity contribution in [3.05, 3.63) is 30.0 Å². The van der Waals surface area contributed by atoms with Gasteiger partial charge in [0.25, 0.3) is 0 Å². The van der Waals surface area contributed by atoms with Crippen molar-refractivity contribution in [1.82, 2.24) is 0 Å². The van der Waals surface area contributed by atoms with Crippen molar-refractivity contribution >= 4 is 63.7 Å². The highest BCUT2D eigenvalue weighted by Crippen LogP contribution is 2.59. The van der Waals surface area contributed by atoms with E-state index in [0.29, 0.717) is 16.0 Å². The number of benzene rings is 2. The average molecular weight is 532 g/mol. The molecule has 20 heavy (non-hydrogen) atoms. The van der Waals surface area contributed by atoms with Crippen LogP contribution < -0.4 is 9.47 Å². The van der Waals surface area contributed by atoms with Gasteiger partial charge in [0.15, 0.2) is 34.5 Å². The highest BCUT2D eigenvalue weighted by Gasteiger charge is 2.30. The van der Waals surface area contributed by atoms with E-state index in [1.165, 1.54) is 0 Å². The number of rotatable bonds is 0. The Labute approximate surface area is 147 Å². The number of hydrogen-bond acceptors (Lipinski definition) is 4. The molecule has 104 valence electrons. The van der Waals surface area contributed by atoms with Gasteiger partial charge in [0, 0.05) is 4.47 Å². The first-order chi connectivity index (χ1) is 9.41. The molecular weight excluding hydrogens is 528 g/mol. The summed E-state index contributed by atoms with van der Waals surface area (Å²) in [6, 6.07) is 3.54. The zero-order chi connectivity index (χ0) is 14.6. The van der Waals surface area contributed by atoms with Gasteiger partial charge in [-0.25, -0.2) is 0 Å². The standard InChI is InChI=1S/C12H4Br4O4/c13-3-1-2-4-10(5(3)14)20-12-7(16)9(18)8(17)6(15)11(12)19-4/h1-2,17-18H. The molecule has 2 N–H and O–H groups in total. The van der Waals surface area contributed by atoms with Crippen molar-refractivity contribution in [2.45, 2.75) is 0 Å². The maximum absolute atomic E-state index is 9.83. The van der Waals surface area contributed by atoms with Crippen LogP contribution in [-0.4, -0.2) is 10.2 Å². The van der Waals surface area contributed by atoms with Crippen LogP contribution >= 0.6 is 63.7 Å². The summed E-state index contributed by atoms with van der Waals surface area (Å²) >= 11 is 13.1. The molecule has 2 aromatic carbocycles. The molecule has 0 atom stereocenters. The van der Waals surface area contributed by atoms with Crippen molar-refractivity contribution in [3.8, 4) is 34.5 Å². The molecule has 2 aromatic rings. The highest BCUT2D eigenvalue weighted by molar-refractivity contribution is 9.13. The van der Waals surface area contributed by atoms with Gasteiger partial charge in [0.1, 0.15) is 8.95 Å². The Morgan fingerprint density at radius 2 is 1.25 bits per heavy atom. The van der Waals surface area contributed by atoms with Crippen molar-refractivity contribution in [2.24, 2.45) is 0 Å². The number of aromatic hydroxyl groups is 2. The van der Waals surface area contributed by atoms with Crippen LogP contribution in [0, 0.1) is 0 Å². The van der Waals surface area contributed by atoms with Crippen LogP contribution in [0.3, 0.4) is 0 Å². The third-order valence-electron chi connectivity index (χ3n) is 2.68. The zero-order valence-corrected chi connectivity index (χ0v) is 15.7. The van der Waals surface area contributed by atoms with Crippen molar-refractivity contribution in [1.29, 1.82) is 0 Å². The third kappa shape index (κ3) is 2.04. The van der Waals surface area contributed by atoms with Crippen LogP contribution in [0.15, 0.2) is 30.0 Å². The Balaban J connectivity index is 2.26. The molecule has 0 bridgehead atoms. The molecule has 1 heterocycles. The quantitative estimate of drug-likeness (QED) is 0.347. The Morgan fingerprint density at radius 3 is 1.85 bits per heavy atom.